The van der Waals surface area contributed by atoms with Crippen LogP contribution >= 0.6 is 11.8 Å². The minimum Gasteiger partial charge on any atom is -0.342 e. The number of aryl methyl sites for hydroxylation is 1. The molecular formula is C20H21N5O2S. The van der Waals surface area contributed by atoms with Crippen molar-refractivity contribution < 1.29 is 9.59 Å². The Morgan fingerprint density at radius 1 is 1.21 bits per heavy atom. The first-order valence-corrected chi connectivity index (χ1v) is 10.2. The van der Waals surface area contributed by atoms with E-state index in [4.69, 9.17) is 5.41 Å². The minimum atomic E-state index is -0.455. The van der Waals surface area contributed by atoms with Gasteiger partial charge in [0.25, 0.3) is 5.91 Å². The molecule has 1 N–H and O–H groups in total. The predicted octanol–water partition coefficient (Wildman–Crippen LogP) is 3.02. The summed E-state index contributed by atoms with van der Waals surface area (Å²) in [5, 5.41) is 15.1. The largest absolute Gasteiger partial charge is 0.342 e. The number of rotatable bonds is 3. The second-order valence-electron chi connectivity index (χ2n) is 7.04. The first kappa shape index (κ1) is 18.6. The van der Waals surface area contributed by atoms with Crippen LogP contribution in [0.2, 0.25) is 0 Å². The van der Waals surface area contributed by atoms with Crippen molar-refractivity contribution in [3.63, 3.8) is 0 Å². The third-order valence-corrected chi connectivity index (χ3v) is 5.80. The van der Waals surface area contributed by atoms with Gasteiger partial charge in [0.05, 0.1) is 12.0 Å². The summed E-state index contributed by atoms with van der Waals surface area (Å²) >= 11 is 1.19. The van der Waals surface area contributed by atoms with E-state index >= 15 is 0 Å². The number of piperidine rings is 1. The highest BCUT2D eigenvalue weighted by molar-refractivity contribution is 8.27. The Bertz CT molecular complexity index is 926. The summed E-state index contributed by atoms with van der Waals surface area (Å²) in [5.41, 5.74) is 2.14. The van der Waals surface area contributed by atoms with Crippen LogP contribution in [0.15, 0.2) is 39.9 Å². The molecular weight excluding hydrogens is 374 g/mol. The molecule has 0 bridgehead atoms. The van der Waals surface area contributed by atoms with Gasteiger partial charge in [-0.3, -0.25) is 15.0 Å². The van der Waals surface area contributed by atoms with Crippen molar-refractivity contribution in [1.29, 1.82) is 5.41 Å². The molecule has 7 nitrogen and oxygen atoms in total. The lowest BCUT2D eigenvalue weighted by Crippen LogP contribution is -2.36. The van der Waals surface area contributed by atoms with E-state index in [-0.39, 0.29) is 23.7 Å². The molecule has 144 valence electrons. The quantitative estimate of drug-likeness (QED) is 0.797. The molecule has 1 saturated heterocycles. The van der Waals surface area contributed by atoms with E-state index < -0.39 is 5.91 Å². The fourth-order valence-corrected chi connectivity index (χ4v) is 4.19. The maximum Gasteiger partial charge on any atom is 0.283 e. The summed E-state index contributed by atoms with van der Waals surface area (Å²) in [5.74, 6) is -0.425. The number of carbonyl (C=O) groups excluding carboxylic acids is 2. The normalized spacial score (nSPS) is 21.0. The van der Waals surface area contributed by atoms with Gasteiger partial charge in [-0.25, -0.2) is 0 Å². The van der Waals surface area contributed by atoms with Crippen molar-refractivity contribution in [2.45, 2.75) is 32.6 Å². The van der Waals surface area contributed by atoms with Crippen molar-refractivity contribution in [1.82, 2.24) is 9.91 Å². The molecule has 28 heavy (non-hydrogen) atoms. The number of hydrogen-bond acceptors (Lipinski definition) is 5. The van der Waals surface area contributed by atoms with Gasteiger partial charge < -0.3 is 4.90 Å². The zero-order chi connectivity index (χ0) is 19.7. The Labute approximate surface area is 167 Å². The number of likely N-dealkylation sites (tertiary alicyclic amines) is 1. The molecule has 3 aliphatic rings. The van der Waals surface area contributed by atoms with Crippen LogP contribution in [0, 0.1) is 12.3 Å². The van der Waals surface area contributed by atoms with Crippen LogP contribution < -0.4 is 0 Å². The van der Waals surface area contributed by atoms with E-state index in [1.807, 2.05) is 36.1 Å². The number of amidine groups is 2. The molecule has 2 amide bonds. The molecule has 1 aromatic rings. The number of amides is 2. The topological polar surface area (TPSA) is 89.2 Å². The molecule has 3 aliphatic heterocycles. The fraction of sp³-hybridized carbons (Fsp3) is 0.350. The highest BCUT2D eigenvalue weighted by Gasteiger charge is 2.36. The van der Waals surface area contributed by atoms with Crippen LogP contribution in [0.1, 0.15) is 36.8 Å². The van der Waals surface area contributed by atoms with Crippen LogP contribution in [-0.4, -0.2) is 50.9 Å². The van der Waals surface area contributed by atoms with Crippen molar-refractivity contribution >= 4 is 45.7 Å². The number of aliphatic imine (C=N–C) groups is 1. The molecule has 0 radical (unpaired) electrons. The molecule has 8 heteroatoms. The van der Waals surface area contributed by atoms with E-state index in [9.17, 15) is 9.59 Å². The lowest BCUT2D eigenvalue weighted by Gasteiger charge is -2.26. The molecule has 0 unspecified atom stereocenters. The van der Waals surface area contributed by atoms with E-state index in [1.54, 1.807) is 6.08 Å². The first-order valence-electron chi connectivity index (χ1n) is 9.35. The van der Waals surface area contributed by atoms with Crippen LogP contribution in [0.25, 0.3) is 6.08 Å². The number of hydrogen-bond donors (Lipinski definition) is 1. The van der Waals surface area contributed by atoms with Crippen LogP contribution in [0.4, 0.5) is 0 Å². The second-order valence-corrected chi connectivity index (χ2v) is 8.08. The predicted molar refractivity (Wildman–Crippen MR) is 111 cm³/mol. The van der Waals surface area contributed by atoms with Crippen molar-refractivity contribution in [2.24, 2.45) is 10.1 Å². The summed E-state index contributed by atoms with van der Waals surface area (Å²) in [6.07, 6.45) is 5.08. The van der Waals surface area contributed by atoms with Crippen LogP contribution in [-0.2, 0) is 9.59 Å². The van der Waals surface area contributed by atoms with Gasteiger partial charge in [0.15, 0.2) is 5.84 Å². The Balaban J connectivity index is 1.51. The average molecular weight is 395 g/mol. The maximum absolute atomic E-state index is 12.5. The molecule has 1 aromatic carbocycles. The highest BCUT2D eigenvalue weighted by Crippen LogP contribution is 2.29. The zero-order valence-corrected chi connectivity index (χ0v) is 16.5. The second kappa shape index (κ2) is 7.71. The maximum atomic E-state index is 12.5. The van der Waals surface area contributed by atoms with E-state index in [0.717, 1.165) is 37.1 Å². The molecule has 3 heterocycles. The van der Waals surface area contributed by atoms with Gasteiger partial charge in [0.1, 0.15) is 5.04 Å². The van der Waals surface area contributed by atoms with E-state index in [0.29, 0.717) is 10.2 Å². The number of nitrogens with zero attached hydrogens (tertiary/aromatic N) is 4. The van der Waals surface area contributed by atoms with Gasteiger partial charge in [-0.1, -0.05) is 29.8 Å². The van der Waals surface area contributed by atoms with E-state index in [1.165, 1.54) is 23.2 Å². The monoisotopic (exact) mass is 395 g/mol. The first-order chi connectivity index (χ1) is 13.5. The summed E-state index contributed by atoms with van der Waals surface area (Å²) in [6, 6.07) is 7.69. The highest BCUT2D eigenvalue weighted by atomic mass is 32.2. The molecule has 1 fully saturated rings. The summed E-state index contributed by atoms with van der Waals surface area (Å²) in [6.45, 7) is 3.57. The minimum absolute atomic E-state index is 0.0107. The SMILES string of the molecule is Cc1ccc(/C=C2/C(=N)N3N=C(CC(=O)N4CCCCC4)SC3=NC2=O)cc1. The Morgan fingerprint density at radius 3 is 2.64 bits per heavy atom. The molecule has 0 saturated carbocycles. The number of thioether (sulfide) groups is 1. The fourth-order valence-electron chi connectivity index (χ4n) is 3.32. The lowest BCUT2D eigenvalue weighted by atomic mass is 10.1. The molecule has 0 aromatic heterocycles. The van der Waals surface area contributed by atoms with E-state index in [2.05, 4.69) is 10.1 Å². The molecule has 0 spiro atoms. The van der Waals surface area contributed by atoms with Gasteiger partial charge in [-0.15, -0.1) is 0 Å². The van der Waals surface area contributed by atoms with Gasteiger partial charge in [-0.05, 0) is 49.6 Å². The molecule has 0 atom stereocenters. The number of carbonyl (C=O) groups is 2. The Morgan fingerprint density at radius 2 is 1.93 bits per heavy atom. The van der Waals surface area contributed by atoms with Crippen LogP contribution in [0.3, 0.4) is 0 Å². The number of fused-ring (bicyclic) bond motifs is 1. The Kier molecular flexibility index (Phi) is 5.13. The van der Waals surface area contributed by atoms with Crippen molar-refractivity contribution in [3.8, 4) is 0 Å². The summed E-state index contributed by atoms with van der Waals surface area (Å²) in [4.78, 5) is 30.9. The number of nitrogens with one attached hydrogen (secondary N) is 1. The molecule has 0 aliphatic carbocycles. The Hall–Kier alpha value is -2.74. The number of hydrazone groups is 1. The van der Waals surface area contributed by atoms with Gasteiger partial charge >= 0.3 is 0 Å². The standard InChI is InChI=1S/C20H21N5O2S/c1-13-5-7-14(8-6-13)11-15-18(21)25-20(22-19(15)27)28-16(23-25)12-17(26)24-9-3-2-4-10-24/h5-8,11,21H,2-4,9-10,12H2,1H3/b15-11-,21-18?. The smallest absolute Gasteiger partial charge is 0.283 e. The lowest BCUT2D eigenvalue weighted by molar-refractivity contribution is -0.130. The van der Waals surface area contributed by atoms with Crippen molar-refractivity contribution in [3.05, 3.63) is 41.0 Å². The summed E-state index contributed by atoms with van der Waals surface area (Å²) in [7, 11) is 0. The number of benzene rings is 1. The van der Waals surface area contributed by atoms with Crippen LogP contribution in [0.5, 0.6) is 0 Å². The van der Waals surface area contributed by atoms with Gasteiger partial charge in [-0.2, -0.15) is 15.1 Å². The van der Waals surface area contributed by atoms with Gasteiger partial charge in [0.2, 0.25) is 11.1 Å². The zero-order valence-electron chi connectivity index (χ0n) is 15.6. The third kappa shape index (κ3) is 3.77. The average Bonchev–Trinajstić information content (AvgIpc) is 3.09. The van der Waals surface area contributed by atoms with Gasteiger partial charge in [0, 0.05) is 13.1 Å². The molecule has 4 rings (SSSR count). The van der Waals surface area contributed by atoms with Crippen molar-refractivity contribution in [2.75, 3.05) is 13.1 Å². The third-order valence-electron chi connectivity index (χ3n) is 4.90. The summed E-state index contributed by atoms with van der Waals surface area (Å²) < 4.78 is 0.